The fourth-order valence-corrected chi connectivity index (χ4v) is 3.64. The predicted octanol–water partition coefficient (Wildman–Crippen LogP) is 2.52. The summed E-state index contributed by atoms with van der Waals surface area (Å²) in [7, 11) is 0. The molecule has 1 aliphatic carbocycles. The Morgan fingerprint density at radius 3 is 2.50 bits per heavy atom. The average molecular weight is 381 g/mol. The van der Waals surface area contributed by atoms with Crippen LogP contribution in [0.1, 0.15) is 28.8 Å². The second-order valence-corrected chi connectivity index (χ2v) is 7.39. The lowest BCUT2D eigenvalue weighted by Crippen LogP contribution is -2.57. The van der Waals surface area contributed by atoms with Crippen molar-refractivity contribution in [1.82, 2.24) is 16.0 Å². The third kappa shape index (κ3) is 3.24. The zero-order valence-electron chi connectivity index (χ0n) is 15.3. The highest BCUT2D eigenvalue weighted by atomic mass is 19.1. The van der Waals surface area contributed by atoms with Gasteiger partial charge in [0.1, 0.15) is 11.4 Å². The summed E-state index contributed by atoms with van der Waals surface area (Å²) in [5, 5.41) is 7.63. The number of aryl methyl sites for hydroxylation is 1. The van der Waals surface area contributed by atoms with Crippen LogP contribution in [0, 0.1) is 18.7 Å². The molecule has 3 N–H and O–H groups in total. The molecule has 7 heteroatoms. The van der Waals surface area contributed by atoms with Gasteiger partial charge in [0.15, 0.2) is 0 Å². The molecule has 1 saturated carbocycles. The number of benzene rings is 2. The first-order valence-electron chi connectivity index (χ1n) is 9.17. The van der Waals surface area contributed by atoms with Crippen molar-refractivity contribution < 1.29 is 18.8 Å². The van der Waals surface area contributed by atoms with Crippen LogP contribution in [0.25, 0.3) is 11.1 Å². The van der Waals surface area contributed by atoms with Gasteiger partial charge in [-0.15, -0.1) is 0 Å². The van der Waals surface area contributed by atoms with Crippen LogP contribution in [0.4, 0.5) is 9.18 Å². The molecule has 0 aromatic heterocycles. The minimum Gasteiger partial charge on any atom is -0.349 e. The van der Waals surface area contributed by atoms with E-state index in [2.05, 4.69) is 16.0 Å². The zero-order valence-corrected chi connectivity index (χ0v) is 15.3. The summed E-state index contributed by atoms with van der Waals surface area (Å²) in [5.41, 5.74) is 1.51. The molecule has 2 aromatic carbocycles. The molecule has 0 spiro atoms. The molecular weight excluding hydrogens is 361 g/mol. The Labute approximate surface area is 161 Å². The number of carbonyl (C=O) groups is 3. The van der Waals surface area contributed by atoms with E-state index in [1.807, 2.05) is 31.2 Å². The Morgan fingerprint density at radius 2 is 1.89 bits per heavy atom. The molecule has 2 fully saturated rings. The Kier molecular flexibility index (Phi) is 4.37. The van der Waals surface area contributed by atoms with Crippen LogP contribution in [0.15, 0.2) is 42.5 Å². The van der Waals surface area contributed by atoms with Crippen molar-refractivity contribution in [3.63, 3.8) is 0 Å². The molecule has 0 bridgehead atoms. The molecule has 2 aromatic rings. The van der Waals surface area contributed by atoms with Crippen LogP contribution < -0.4 is 16.0 Å². The molecule has 1 saturated heterocycles. The van der Waals surface area contributed by atoms with Crippen LogP contribution in [-0.2, 0) is 4.79 Å². The highest BCUT2D eigenvalue weighted by molar-refractivity contribution is 6.08. The lowest BCUT2D eigenvalue weighted by molar-refractivity contribution is -0.124. The average Bonchev–Trinajstić information content (AvgIpc) is 3.47. The van der Waals surface area contributed by atoms with Crippen molar-refractivity contribution in [3.8, 4) is 11.1 Å². The summed E-state index contributed by atoms with van der Waals surface area (Å²) in [6.45, 7) is 1.91. The molecule has 4 amide bonds. The molecule has 6 nitrogen and oxygen atoms in total. The minimum atomic E-state index is -1.13. The summed E-state index contributed by atoms with van der Waals surface area (Å²) in [6.07, 6.45) is 1.61. The number of amides is 4. The Balaban J connectivity index is 1.60. The van der Waals surface area contributed by atoms with E-state index in [1.54, 1.807) is 6.07 Å². The number of imide groups is 1. The van der Waals surface area contributed by atoms with Crippen molar-refractivity contribution in [2.24, 2.45) is 5.92 Å². The molecule has 4 rings (SSSR count). The van der Waals surface area contributed by atoms with Crippen molar-refractivity contribution in [3.05, 3.63) is 59.4 Å². The lowest BCUT2D eigenvalue weighted by atomic mass is 9.92. The highest BCUT2D eigenvalue weighted by Crippen LogP contribution is 2.41. The van der Waals surface area contributed by atoms with E-state index in [9.17, 15) is 18.8 Å². The quantitative estimate of drug-likeness (QED) is 0.696. The molecule has 1 heterocycles. The number of hydrogen-bond acceptors (Lipinski definition) is 3. The number of halogens is 1. The molecule has 1 aliphatic heterocycles. The van der Waals surface area contributed by atoms with Crippen molar-refractivity contribution in [2.75, 3.05) is 6.54 Å². The third-order valence-electron chi connectivity index (χ3n) is 5.36. The maximum absolute atomic E-state index is 13.9. The number of urea groups is 1. The van der Waals surface area contributed by atoms with Gasteiger partial charge in [0, 0.05) is 0 Å². The van der Waals surface area contributed by atoms with Crippen LogP contribution >= 0.6 is 0 Å². The lowest BCUT2D eigenvalue weighted by Gasteiger charge is -2.26. The number of nitrogens with one attached hydrogen (secondary N) is 3. The molecular formula is C21H20FN3O3. The normalized spacial score (nSPS) is 21.2. The fourth-order valence-electron chi connectivity index (χ4n) is 3.64. The van der Waals surface area contributed by atoms with Crippen LogP contribution in [0.2, 0.25) is 0 Å². The minimum absolute atomic E-state index is 0.0108. The van der Waals surface area contributed by atoms with Crippen molar-refractivity contribution in [2.45, 2.75) is 25.3 Å². The summed E-state index contributed by atoms with van der Waals surface area (Å²) in [4.78, 5) is 36.8. The van der Waals surface area contributed by atoms with Gasteiger partial charge in [-0.2, -0.15) is 0 Å². The Morgan fingerprint density at radius 1 is 1.18 bits per heavy atom. The Hall–Kier alpha value is -3.22. The molecule has 28 heavy (non-hydrogen) atoms. The van der Waals surface area contributed by atoms with Gasteiger partial charge in [-0.05, 0) is 48.9 Å². The van der Waals surface area contributed by atoms with E-state index in [-0.39, 0.29) is 18.0 Å². The van der Waals surface area contributed by atoms with Gasteiger partial charge >= 0.3 is 6.03 Å². The monoisotopic (exact) mass is 381 g/mol. The van der Waals surface area contributed by atoms with Gasteiger partial charge < -0.3 is 10.6 Å². The van der Waals surface area contributed by atoms with E-state index in [1.165, 1.54) is 12.1 Å². The molecule has 2 aliphatic rings. The van der Waals surface area contributed by atoms with E-state index in [0.29, 0.717) is 5.56 Å². The topological polar surface area (TPSA) is 87.3 Å². The van der Waals surface area contributed by atoms with Crippen molar-refractivity contribution in [1.29, 1.82) is 0 Å². The fraction of sp³-hybridized carbons (Fsp3) is 0.286. The molecule has 0 unspecified atom stereocenters. The van der Waals surface area contributed by atoms with Crippen LogP contribution in [0.5, 0.6) is 0 Å². The largest absolute Gasteiger partial charge is 0.349 e. The maximum atomic E-state index is 13.9. The summed E-state index contributed by atoms with van der Waals surface area (Å²) >= 11 is 0. The van der Waals surface area contributed by atoms with Gasteiger partial charge in [0.2, 0.25) is 0 Å². The molecule has 144 valence electrons. The first-order chi connectivity index (χ1) is 13.4. The van der Waals surface area contributed by atoms with Gasteiger partial charge in [-0.1, -0.05) is 35.9 Å². The Bertz CT molecular complexity index is 969. The molecule has 0 radical (unpaired) electrons. The standard InChI is InChI=1S/C21H20FN3O3/c1-12-2-4-13(5-3-12)16-9-8-15(22)10-17(16)18(26)23-11-21(14-6-7-14)19(27)24-20(28)25-21/h2-5,8-10,14H,6-7,11H2,1H3,(H,23,26)(H2,24,25,27,28)/t21-/m0/s1. The van der Waals surface area contributed by atoms with Crippen molar-refractivity contribution >= 4 is 17.8 Å². The first kappa shape index (κ1) is 18.2. The second kappa shape index (κ2) is 6.74. The van der Waals surface area contributed by atoms with E-state index >= 15 is 0 Å². The van der Waals surface area contributed by atoms with Crippen LogP contribution in [-0.4, -0.2) is 29.9 Å². The molecule has 1 atom stereocenters. The third-order valence-corrected chi connectivity index (χ3v) is 5.36. The van der Waals surface area contributed by atoms with Gasteiger partial charge in [-0.3, -0.25) is 14.9 Å². The summed E-state index contributed by atoms with van der Waals surface area (Å²) in [6, 6.07) is 11.1. The van der Waals surface area contributed by atoms with E-state index < -0.39 is 29.2 Å². The van der Waals surface area contributed by atoms with Gasteiger partial charge in [0.05, 0.1) is 12.1 Å². The van der Waals surface area contributed by atoms with E-state index in [4.69, 9.17) is 0 Å². The number of rotatable bonds is 5. The van der Waals surface area contributed by atoms with Gasteiger partial charge in [0.25, 0.3) is 11.8 Å². The summed E-state index contributed by atoms with van der Waals surface area (Å²) < 4.78 is 13.9. The SMILES string of the molecule is Cc1ccc(-c2ccc(F)cc2C(=O)NC[C@@]2(C3CC3)NC(=O)NC2=O)cc1. The first-order valence-corrected chi connectivity index (χ1v) is 9.17. The van der Waals surface area contributed by atoms with Gasteiger partial charge in [-0.25, -0.2) is 9.18 Å². The summed E-state index contributed by atoms with van der Waals surface area (Å²) in [5.74, 6) is -1.46. The number of hydrogen-bond donors (Lipinski definition) is 3. The number of carbonyl (C=O) groups excluding carboxylic acids is 3. The maximum Gasteiger partial charge on any atom is 0.322 e. The predicted molar refractivity (Wildman–Crippen MR) is 101 cm³/mol. The zero-order chi connectivity index (χ0) is 19.9. The second-order valence-electron chi connectivity index (χ2n) is 7.39. The van der Waals surface area contributed by atoms with E-state index in [0.717, 1.165) is 24.0 Å². The van der Waals surface area contributed by atoms with Crippen LogP contribution in [0.3, 0.4) is 0 Å². The smallest absolute Gasteiger partial charge is 0.322 e. The highest BCUT2D eigenvalue weighted by Gasteiger charge is 2.56.